The standard InChI is InChI=1S/C23H23N3O/c1-14(2)10-15(3)17-5-7-20-18(11-17)12-22(26-20)23(27)25-19-6-4-16-8-9-24-21(16)13-19/h4-9,11-14,24,26H,3,10H2,1-2H3,(H,25,27). The van der Waals surface area contributed by atoms with Crippen LogP contribution in [0.15, 0.2) is 61.3 Å². The predicted octanol–water partition coefficient (Wildman–Crippen LogP) is 5.96. The second-order valence-corrected chi connectivity index (χ2v) is 7.42. The van der Waals surface area contributed by atoms with Gasteiger partial charge >= 0.3 is 0 Å². The molecule has 4 aromatic rings. The Hall–Kier alpha value is -3.27. The minimum Gasteiger partial charge on any atom is -0.361 e. The van der Waals surface area contributed by atoms with Crippen molar-refractivity contribution < 1.29 is 4.79 Å². The number of rotatable bonds is 5. The van der Waals surface area contributed by atoms with Crippen LogP contribution < -0.4 is 5.32 Å². The molecular formula is C23H23N3O. The number of H-pyrrole nitrogens is 2. The molecule has 27 heavy (non-hydrogen) atoms. The van der Waals surface area contributed by atoms with Gasteiger partial charge in [-0.25, -0.2) is 0 Å². The molecule has 2 heterocycles. The van der Waals surface area contributed by atoms with Gasteiger partial charge in [-0.3, -0.25) is 4.79 Å². The van der Waals surface area contributed by atoms with Crippen molar-refractivity contribution in [1.29, 1.82) is 0 Å². The van der Waals surface area contributed by atoms with Crippen LogP contribution in [0.3, 0.4) is 0 Å². The van der Waals surface area contributed by atoms with Gasteiger partial charge in [0.15, 0.2) is 0 Å². The maximum Gasteiger partial charge on any atom is 0.272 e. The van der Waals surface area contributed by atoms with Gasteiger partial charge < -0.3 is 15.3 Å². The molecule has 4 heteroatoms. The lowest BCUT2D eigenvalue weighted by Gasteiger charge is -2.08. The highest BCUT2D eigenvalue weighted by atomic mass is 16.1. The monoisotopic (exact) mass is 357 g/mol. The number of aromatic amines is 2. The maximum atomic E-state index is 12.7. The Labute approximate surface area is 158 Å². The minimum atomic E-state index is -0.153. The fraction of sp³-hybridized carbons (Fsp3) is 0.174. The molecule has 0 atom stereocenters. The number of carbonyl (C=O) groups is 1. The number of hydrogen-bond acceptors (Lipinski definition) is 1. The first-order chi connectivity index (χ1) is 13.0. The van der Waals surface area contributed by atoms with Crippen molar-refractivity contribution in [3.63, 3.8) is 0 Å². The van der Waals surface area contributed by atoms with Gasteiger partial charge in [0.1, 0.15) is 5.69 Å². The van der Waals surface area contributed by atoms with Crippen LogP contribution in [0.5, 0.6) is 0 Å². The number of amides is 1. The van der Waals surface area contributed by atoms with E-state index >= 15 is 0 Å². The molecule has 1 amide bonds. The van der Waals surface area contributed by atoms with Crippen LogP contribution in [0.4, 0.5) is 5.69 Å². The predicted molar refractivity (Wildman–Crippen MR) is 113 cm³/mol. The summed E-state index contributed by atoms with van der Waals surface area (Å²) in [5, 5.41) is 5.09. The fourth-order valence-corrected chi connectivity index (χ4v) is 3.41. The first-order valence-corrected chi connectivity index (χ1v) is 9.19. The normalized spacial score (nSPS) is 11.4. The van der Waals surface area contributed by atoms with E-state index in [0.29, 0.717) is 11.6 Å². The molecular weight excluding hydrogens is 334 g/mol. The van der Waals surface area contributed by atoms with Crippen molar-refractivity contribution in [2.45, 2.75) is 20.3 Å². The number of hydrogen-bond donors (Lipinski definition) is 3. The van der Waals surface area contributed by atoms with Gasteiger partial charge in [-0.1, -0.05) is 32.6 Å². The Bertz CT molecular complexity index is 1150. The molecule has 0 radical (unpaired) electrons. The number of fused-ring (bicyclic) bond motifs is 2. The van der Waals surface area contributed by atoms with Crippen LogP contribution in [0.25, 0.3) is 27.4 Å². The van der Waals surface area contributed by atoms with Gasteiger partial charge in [-0.05, 0) is 65.3 Å². The molecule has 0 aliphatic rings. The SMILES string of the molecule is C=C(CC(C)C)c1ccc2[nH]c(C(=O)Nc3ccc4cc[nH]c4c3)cc2c1. The molecule has 0 saturated carbocycles. The van der Waals surface area contributed by atoms with Crippen LogP contribution in [-0.2, 0) is 0 Å². The first kappa shape index (κ1) is 17.2. The highest BCUT2D eigenvalue weighted by Gasteiger charge is 2.11. The second-order valence-electron chi connectivity index (χ2n) is 7.42. The Morgan fingerprint density at radius 1 is 1.04 bits per heavy atom. The molecule has 0 bridgehead atoms. The molecule has 0 aliphatic carbocycles. The Morgan fingerprint density at radius 2 is 1.89 bits per heavy atom. The van der Waals surface area contributed by atoms with Gasteiger partial charge in [0.25, 0.3) is 5.91 Å². The van der Waals surface area contributed by atoms with Crippen molar-refractivity contribution in [2.24, 2.45) is 5.92 Å². The molecule has 0 aliphatic heterocycles. The number of nitrogens with one attached hydrogen (secondary N) is 3. The first-order valence-electron chi connectivity index (χ1n) is 9.19. The third-order valence-corrected chi connectivity index (χ3v) is 4.74. The summed E-state index contributed by atoms with van der Waals surface area (Å²) in [6.45, 7) is 8.57. The molecule has 2 aromatic heterocycles. The van der Waals surface area contributed by atoms with E-state index in [9.17, 15) is 4.79 Å². The van der Waals surface area contributed by atoms with E-state index in [4.69, 9.17) is 0 Å². The van der Waals surface area contributed by atoms with Gasteiger partial charge in [0, 0.05) is 28.3 Å². The van der Waals surface area contributed by atoms with Crippen molar-refractivity contribution >= 4 is 39.0 Å². The lowest BCUT2D eigenvalue weighted by Crippen LogP contribution is -2.12. The average Bonchev–Trinajstić information content (AvgIpc) is 3.26. The summed E-state index contributed by atoms with van der Waals surface area (Å²) in [5.41, 5.74) is 5.50. The largest absolute Gasteiger partial charge is 0.361 e. The molecule has 0 fully saturated rings. The number of benzene rings is 2. The number of anilines is 1. The number of allylic oxidation sites excluding steroid dienone is 1. The molecule has 4 nitrogen and oxygen atoms in total. The lowest BCUT2D eigenvalue weighted by molar-refractivity contribution is 0.102. The molecule has 0 saturated heterocycles. The van der Waals surface area contributed by atoms with Crippen molar-refractivity contribution in [3.8, 4) is 0 Å². The van der Waals surface area contributed by atoms with E-state index in [-0.39, 0.29) is 5.91 Å². The Morgan fingerprint density at radius 3 is 2.70 bits per heavy atom. The molecule has 2 aromatic carbocycles. The summed E-state index contributed by atoms with van der Waals surface area (Å²) >= 11 is 0. The van der Waals surface area contributed by atoms with Crippen molar-refractivity contribution in [3.05, 3.63) is 72.6 Å². The Kier molecular flexibility index (Phi) is 4.32. The second kappa shape index (κ2) is 6.80. The highest BCUT2D eigenvalue weighted by Crippen LogP contribution is 2.25. The van der Waals surface area contributed by atoms with Crippen molar-refractivity contribution in [2.75, 3.05) is 5.32 Å². The van der Waals surface area contributed by atoms with E-state index in [2.05, 4.69) is 47.8 Å². The fourth-order valence-electron chi connectivity index (χ4n) is 3.41. The summed E-state index contributed by atoms with van der Waals surface area (Å²) in [6.07, 6.45) is 2.85. The van der Waals surface area contributed by atoms with Crippen LogP contribution in [0.2, 0.25) is 0 Å². The van der Waals surface area contributed by atoms with Gasteiger partial charge in [-0.2, -0.15) is 0 Å². The molecule has 3 N–H and O–H groups in total. The van der Waals surface area contributed by atoms with Crippen LogP contribution in [0.1, 0.15) is 36.3 Å². The van der Waals surface area contributed by atoms with E-state index in [1.54, 1.807) is 0 Å². The third-order valence-electron chi connectivity index (χ3n) is 4.74. The zero-order valence-electron chi connectivity index (χ0n) is 15.6. The van der Waals surface area contributed by atoms with E-state index in [1.807, 2.05) is 42.6 Å². The van der Waals surface area contributed by atoms with Crippen LogP contribution >= 0.6 is 0 Å². The maximum absolute atomic E-state index is 12.7. The molecule has 0 unspecified atom stereocenters. The summed E-state index contributed by atoms with van der Waals surface area (Å²) in [6, 6.07) is 15.9. The molecule has 136 valence electrons. The molecule has 4 rings (SSSR count). The number of carbonyl (C=O) groups excluding carboxylic acids is 1. The Balaban J connectivity index is 1.57. The highest BCUT2D eigenvalue weighted by molar-refractivity contribution is 6.06. The van der Waals surface area contributed by atoms with E-state index in [0.717, 1.165) is 45.1 Å². The number of aromatic nitrogens is 2. The summed E-state index contributed by atoms with van der Waals surface area (Å²) in [5.74, 6) is 0.414. The average molecular weight is 357 g/mol. The van der Waals surface area contributed by atoms with Crippen molar-refractivity contribution in [1.82, 2.24) is 9.97 Å². The topological polar surface area (TPSA) is 60.7 Å². The zero-order valence-corrected chi connectivity index (χ0v) is 15.6. The summed E-state index contributed by atoms with van der Waals surface area (Å²) < 4.78 is 0. The summed E-state index contributed by atoms with van der Waals surface area (Å²) in [4.78, 5) is 19.0. The third kappa shape index (κ3) is 3.51. The lowest BCUT2D eigenvalue weighted by atomic mass is 9.97. The van der Waals surface area contributed by atoms with Crippen LogP contribution in [0, 0.1) is 5.92 Å². The minimum absolute atomic E-state index is 0.153. The van der Waals surface area contributed by atoms with Crippen LogP contribution in [-0.4, -0.2) is 15.9 Å². The van der Waals surface area contributed by atoms with Gasteiger partial charge in [0.2, 0.25) is 0 Å². The van der Waals surface area contributed by atoms with E-state index < -0.39 is 0 Å². The smallest absolute Gasteiger partial charge is 0.272 e. The molecule has 0 spiro atoms. The van der Waals surface area contributed by atoms with E-state index in [1.165, 1.54) is 0 Å². The summed E-state index contributed by atoms with van der Waals surface area (Å²) in [7, 11) is 0. The van der Waals surface area contributed by atoms with Gasteiger partial charge in [0.05, 0.1) is 0 Å². The van der Waals surface area contributed by atoms with Gasteiger partial charge in [-0.15, -0.1) is 0 Å². The quantitative estimate of drug-likeness (QED) is 0.405. The zero-order chi connectivity index (χ0) is 19.0.